The highest BCUT2D eigenvalue weighted by molar-refractivity contribution is 7.89. The van der Waals surface area contributed by atoms with Crippen molar-refractivity contribution >= 4 is 21.8 Å². The van der Waals surface area contributed by atoms with Gasteiger partial charge in [0, 0.05) is 36.6 Å². The third kappa shape index (κ3) is 4.76. The van der Waals surface area contributed by atoms with E-state index in [0.29, 0.717) is 5.56 Å². The van der Waals surface area contributed by atoms with E-state index in [0.717, 1.165) is 17.9 Å². The number of sulfonamides is 1. The second kappa shape index (κ2) is 8.92. The van der Waals surface area contributed by atoms with Crippen LogP contribution in [0.5, 0.6) is 0 Å². The predicted octanol–water partition coefficient (Wildman–Crippen LogP) is 3.19. The normalized spacial score (nSPS) is 11.9. The zero-order valence-corrected chi connectivity index (χ0v) is 18.5. The summed E-state index contributed by atoms with van der Waals surface area (Å²) in [5.41, 5.74) is 2.39. The molecular weight excluding hydrogens is 392 g/mol. The summed E-state index contributed by atoms with van der Waals surface area (Å²) >= 11 is 0. The Morgan fingerprint density at radius 2 is 1.83 bits per heavy atom. The number of hydrogen-bond donors (Lipinski definition) is 0. The second-order valence-electron chi connectivity index (χ2n) is 7.17. The average molecular weight is 421 g/mol. The fourth-order valence-corrected chi connectivity index (χ4v) is 4.50. The zero-order valence-electron chi connectivity index (χ0n) is 17.7. The van der Waals surface area contributed by atoms with Crippen molar-refractivity contribution in [2.75, 3.05) is 13.7 Å². The number of carbonyl (C=O) groups is 2. The number of ether oxygens (including phenoxy) is 1. The Morgan fingerprint density at radius 3 is 2.38 bits per heavy atom. The summed E-state index contributed by atoms with van der Waals surface area (Å²) in [6.07, 6.45) is 0. The molecule has 0 amide bonds. The van der Waals surface area contributed by atoms with Crippen LogP contribution in [0.1, 0.15) is 52.9 Å². The molecule has 0 spiro atoms. The molecule has 2 aromatic rings. The van der Waals surface area contributed by atoms with E-state index in [1.807, 2.05) is 25.3 Å². The number of nitrogens with zero attached hydrogens (tertiary/aromatic N) is 2. The number of aryl methyl sites for hydroxylation is 1. The van der Waals surface area contributed by atoms with Crippen molar-refractivity contribution in [2.24, 2.45) is 0 Å². The van der Waals surface area contributed by atoms with E-state index >= 15 is 0 Å². The van der Waals surface area contributed by atoms with Gasteiger partial charge in [0.1, 0.15) is 0 Å². The lowest BCUT2D eigenvalue weighted by molar-refractivity contribution is 0.0474. The van der Waals surface area contributed by atoms with Crippen molar-refractivity contribution in [3.63, 3.8) is 0 Å². The SMILES string of the molecule is CCn1c(C)cc(C(=O)COC(=O)c2cccc(S(=O)(=O)N(C)C(C)C)c2)c1C. The minimum atomic E-state index is -3.72. The van der Waals surface area contributed by atoms with E-state index in [1.165, 1.54) is 35.6 Å². The maximum atomic E-state index is 12.6. The minimum Gasteiger partial charge on any atom is -0.454 e. The van der Waals surface area contributed by atoms with E-state index in [1.54, 1.807) is 19.9 Å². The number of hydrogen-bond acceptors (Lipinski definition) is 5. The van der Waals surface area contributed by atoms with Crippen molar-refractivity contribution in [3.05, 3.63) is 52.8 Å². The van der Waals surface area contributed by atoms with Crippen LogP contribution in [0.2, 0.25) is 0 Å². The van der Waals surface area contributed by atoms with Gasteiger partial charge in [-0.15, -0.1) is 0 Å². The lowest BCUT2D eigenvalue weighted by Gasteiger charge is -2.21. The summed E-state index contributed by atoms with van der Waals surface area (Å²) in [6, 6.07) is 7.19. The first kappa shape index (κ1) is 22.8. The highest BCUT2D eigenvalue weighted by atomic mass is 32.2. The summed E-state index contributed by atoms with van der Waals surface area (Å²) in [4.78, 5) is 24.9. The van der Waals surface area contributed by atoms with Crippen LogP contribution in [0.25, 0.3) is 0 Å². The van der Waals surface area contributed by atoms with Crippen LogP contribution in [-0.2, 0) is 21.3 Å². The van der Waals surface area contributed by atoms with E-state index in [2.05, 4.69) is 0 Å². The van der Waals surface area contributed by atoms with Crippen LogP contribution in [0.4, 0.5) is 0 Å². The Balaban J connectivity index is 2.15. The van der Waals surface area contributed by atoms with Crippen molar-refractivity contribution in [3.8, 4) is 0 Å². The van der Waals surface area contributed by atoms with Gasteiger partial charge in [-0.1, -0.05) is 6.07 Å². The minimum absolute atomic E-state index is 0.000896. The molecule has 2 rings (SSSR count). The molecule has 1 aromatic heterocycles. The van der Waals surface area contributed by atoms with Crippen LogP contribution in [0.3, 0.4) is 0 Å². The monoisotopic (exact) mass is 420 g/mol. The molecule has 0 bridgehead atoms. The van der Waals surface area contributed by atoms with Crippen LogP contribution in [-0.4, -0.2) is 48.7 Å². The Hall–Kier alpha value is -2.45. The van der Waals surface area contributed by atoms with E-state index < -0.39 is 22.6 Å². The van der Waals surface area contributed by atoms with Gasteiger partial charge in [0.05, 0.1) is 10.5 Å². The molecular formula is C21H28N2O5S. The van der Waals surface area contributed by atoms with Crippen molar-refractivity contribution in [1.29, 1.82) is 0 Å². The molecule has 0 atom stereocenters. The van der Waals surface area contributed by atoms with Gasteiger partial charge in [-0.2, -0.15) is 4.31 Å². The van der Waals surface area contributed by atoms with Crippen LogP contribution >= 0.6 is 0 Å². The van der Waals surface area contributed by atoms with Gasteiger partial charge in [-0.05, 0) is 58.9 Å². The Labute approximate surface area is 172 Å². The smallest absolute Gasteiger partial charge is 0.338 e. The van der Waals surface area contributed by atoms with E-state index in [4.69, 9.17) is 4.74 Å². The van der Waals surface area contributed by atoms with Crippen LogP contribution in [0, 0.1) is 13.8 Å². The number of ketones is 1. The van der Waals surface area contributed by atoms with Gasteiger partial charge >= 0.3 is 5.97 Å². The lowest BCUT2D eigenvalue weighted by atomic mass is 10.1. The summed E-state index contributed by atoms with van der Waals surface area (Å²) in [5, 5.41) is 0. The van der Waals surface area contributed by atoms with Gasteiger partial charge in [-0.25, -0.2) is 13.2 Å². The first-order valence-corrected chi connectivity index (χ1v) is 10.9. The van der Waals surface area contributed by atoms with Crippen molar-refractivity contribution < 1.29 is 22.7 Å². The second-order valence-corrected chi connectivity index (χ2v) is 9.17. The largest absolute Gasteiger partial charge is 0.454 e. The lowest BCUT2D eigenvalue weighted by Crippen LogP contribution is -2.33. The molecule has 7 nitrogen and oxygen atoms in total. The first-order valence-electron chi connectivity index (χ1n) is 9.45. The number of benzene rings is 1. The van der Waals surface area contributed by atoms with Crippen LogP contribution < -0.4 is 0 Å². The summed E-state index contributed by atoms with van der Waals surface area (Å²) < 4.78 is 33.6. The van der Waals surface area contributed by atoms with E-state index in [-0.39, 0.29) is 22.3 Å². The highest BCUT2D eigenvalue weighted by Crippen LogP contribution is 2.19. The van der Waals surface area contributed by atoms with Gasteiger partial charge in [0.2, 0.25) is 15.8 Å². The molecule has 1 aromatic carbocycles. The molecule has 0 unspecified atom stereocenters. The van der Waals surface area contributed by atoms with Crippen molar-refractivity contribution in [1.82, 2.24) is 8.87 Å². The molecule has 8 heteroatoms. The Kier molecular flexibility index (Phi) is 7.02. The standard InChI is InChI=1S/C21H28N2O5S/c1-7-23-15(4)11-19(16(23)5)20(24)13-28-21(25)17-9-8-10-18(12-17)29(26,27)22(6)14(2)3/h8-12,14H,7,13H2,1-6H3. The molecule has 0 aliphatic heterocycles. The fraction of sp³-hybridized carbons (Fsp3) is 0.429. The molecule has 0 saturated carbocycles. The molecule has 0 fully saturated rings. The van der Waals surface area contributed by atoms with Gasteiger partial charge in [0.25, 0.3) is 0 Å². The molecule has 1 heterocycles. The summed E-state index contributed by atoms with van der Waals surface area (Å²) in [7, 11) is -2.24. The molecule has 0 aliphatic rings. The van der Waals surface area contributed by atoms with Crippen molar-refractivity contribution in [2.45, 2.75) is 52.1 Å². The zero-order chi connectivity index (χ0) is 21.9. The number of aromatic nitrogens is 1. The fourth-order valence-electron chi connectivity index (χ4n) is 3.09. The topological polar surface area (TPSA) is 85.7 Å². The molecule has 0 N–H and O–H groups in total. The van der Waals surface area contributed by atoms with Gasteiger partial charge < -0.3 is 9.30 Å². The number of Topliss-reactive ketones (excluding diaryl/α,β-unsaturated/α-hetero) is 1. The molecule has 158 valence electrons. The maximum Gasteiger partial charge on any atom is 0.338 e. The third-order valence-electron chi connectivity index (χ3n) is 5.00. The Morgan fingerprint density at radius 1 is 1.17 bits per heavy atom. The first-order chi connectivity index (χ1) is 13.5. The predicted molar refractivity (Wildman–Crippen MR) is 111 cm³/mol. The summed E-state index contributed by atoms with van der Waals surface area (Å²) in [6.45, 7) is 9.62. The molecule has 29 heavy (non-hydrogen) atoms. The highest BCUT2D eigenvalue weighted by Gasteiger charge is 2.24. The average Bonchev–Trinajstić information content (AvgIpc) is 2.98. The Bertz CT molecular complexity index is 1020. The molecule has 0 aliphatic carbocycles. The van der Waals surface area contributed by atoms with E-state index in [9.17, 15) is 18.0 Å². The number of esters is 1. The maximum absolute atomic E-state index is 12.6. The number of rotatable bonds is 8. The number of carbonyl (C=O) groups excluding carboxylic acids is 2. The molecule has 0 saturated heterocycles. The van der Waals surface area contributed by atoms with Gasteiger partial charge in [-0.3, -0.25) is 4.79 Å². The van der Waals surface area contributed by atoms with Gasteiger partial charge in [0.15, 0.2) is 6.61 Å². The van der Waals surface area contributed by atoms with Crippen LogP contribution in [0.15, 0.2) is 35.2 Å². The summed E-state index contributed by atoms with van der Waals surface area (Å²) in [5.74, 6) is -1.04. The molecule has 0 radical (unpaired) electrons. The third-order valence-corrected chi connectivity index (χ3v) is 7.03. The quantitative estimate of drug-likeness (QED) is 0.484.